The molecule has 6 aromatic carbocycles. The molecular formula is C64H76N6+2. The largest absolute Gasteiger partial charge is 0.372 e. The lowest BCUT2D eigenvalue weighted by Crippen LogP contribution is -2.72. The van der Waals surface area contributed by atoms with Gasteiger partial charge in [-0.2, -0.15) is 0 Å². The van der Waals surface area contributed by atoms with Crippen LogP contribution in [0.1, 0.15) is 114 Å². The zero-order chi connectivity index (χ0) is 49.6. The fraction of sp³-hybridized carbons (Fsp3) is 0.281. The van der Waals surface area contributed by atoms with E-state index >= 15 is 0 Å². The van der Waals surface area contributed by atoms with Gasteiger partial charge in [0.2, 0.25) is 11.4 Å². The number of hydrogen-bond donors (Lipinski definition) is 2. The van der Waals surface area contributed by atoms with Crippen LogP contribution in [0.15, 0.2) is 170 Å². The molecule has 0 saturated carbocycles. The monoisotopic (exact) mass is 929 g/mol. The van der Waals surface area contributed by atoms with E-state index in [0.29, 0.717) is 0 Å². The van der Waals surface area contributed by atoms with Crippen LogP contribution >= 0.6 is 0 Å². The van der Waals surface area contributed by atoms with E-state index in [2.05, 4.69) is 255 Å². The van der Waals surface area contributed by atoms with Crippen LogP contribution in [0.2, 0.25) is 0 Å². The van der Waals surface area contributed by atoms with Crippen LogP contribution in [-0.4, -0.2) is 63.8 Å². The molecule has 6 heteroatoms. The normalized spacial score (nSPS) is 15.2. The third kappa shape index (κ3) is 10.7. The molecule has 2 N–H and O–H groups in total. The average molecular weight is 929 g/mol. The van der Waals surface area contributed by atoms with Crippen molar-refractivity contribution in [1.29, 1.82) is 0 Å². The van der Waals surface area contributed by atoms with Crippen LogP contribution in [0, 0.1) is 0 Å². The third-order valence-electron chi connectivity index (χ3n) is 13.5. The second-order valence-electron chi connectivity index (χ2n) is 17.2. The summed E-state index contributed by atoms with van der Waals surface area (Å²) < 4.78 is 0. The van der Waals surface area contributed by atoms with Crippen molar-refractivity contribution in [2.75, 3.05) is 72.2 Å². The summed E-state index contributed by atoms with van der Waals surface area (Å²) >= 11 is 0. The van der Waals surface area contributed by atoms with Crippen molar-refractivity contribution in [3.63, 3.8) is 0 Å². The van der Waals surface area contributed by atoms with Gasteiger partial charge in [-0.25, -0.2) is 9.98 Å². The van der Waals surface area contributed by atoms with Crippen molar-refractivity contribution in [3.05, 3.63) is 214 Å². The maximum atomic E-state index is 3.60. The van der Waals surface area contributed by atoms with Crippen molar-refractivity contribution in [3.8, 4) is 0 Å². The van der Waals surface area contributed by atoms with Crippen molar-refractivity contribution in [2.24, 2.45) is 0 Å². The average Bonchev–Trinajstić information content (AvgIpc) is 3.42. The fourth-order valence-electron chi connectivity index (χ4n) is 10.1. The van der Waals surface area contributed by atoms with Gasteiger partial charge in [-0.15, -0.1) is 0 Å². The van der Waals surface area contributed by atoms with Crippen molar-refractivity contribution >= 4 is 56.5 Å². The van der Waals surface area contributed by atoms with Crippen molar-refractivity contribution < 1.29 is 9.98 Å². The van der Waals surface area contributed by atoms with E-state index in [1.165, 1.54) is 78.2 Å². The first kappa shape index (κ1) is 50.7. The summed E-state index contributed by atoms with van der Waals surface area (Å²) in [4.78, 5) is 12.0. The molecule has 8 rings (SSSR count). The highest BCUT2D eigenvalue weighted by Gasteiger charge is 2.25. The van der Waals surface area contributed by atoms with Gasteiger partial charge in [0, 0.05) is 62.8 Å². The second-order valence-corrected chi connectivity index (χ2v) is 17.2. The highest BCUT2D eigenvalue weighted by molar-refractivity contribution is 6.18. The number of nitrogens with one attached hydrogen (secondary N) is 2. The van der Waals surface area contributed by atoms with Gasteiger partial charge >= 0.3 is 0 Å². The number of hydrazine groups is 1. The number of anilines is 4. The maximum Gasteiger partial charge on any atom is 0.206 e. The van der Waals surface area contributed by atoms with Crippen LogP contribution in [0.3, 0.4) is 0 Å². The Morgan fingerprint density at radius 3 is 0.886 bits per heavy atom. The Morgan fingerprint density at radius 2 is 0.614 bits per heavy atom. The van der Waals surface area contributed by atoms with Crippen molar-refractivity contribution in [1.82, 2.24) is 0 Å². The predicted molar refractivity (Wildman–Crippen MR) is 304 cm³/mol. The van der Waals surface area contributed by atoms with Gasteiger partial charge in [0.15, 0.2) is 0 Å². The number of hydrogen-bond acceptors (Lipinski definition) is 4. The van der Waals surface area contributed by atoms with E-state index < -0.39 is 0 Å². The molecule has 6 nitrogen and oxygen atoms in total. The molecule has 0 unspecified atom stereocenters. The lowest BCUT2D eigenvalue weighted by molar-refractivity contribution is -0.451. The Morgan fingerprint density at radius 1 is 0.329 bits per heavy atom. The quantitative estimate of drug-likeness (QED) is 0.0895. The standard InChI is InChI=1S/C62H68N6.C2H6/c1-9-63-59-43-41-57(53-21-17-19-23-55(53)59)61(45-25-33-49(34-26-45)65(11-3)12-4)47-29-37-51(38-30-47)67(15-7)68(16-8)52-39-31-48(32-40-52)62(46-27-35-50(36-28-46)66(13-5)14-6)58-42-44-60(64-10-2)56-24-20-18-22-54(56)58;1-2/h17-44H,9-16H2,1-8H3;1-2H3/p+2. The second kappa shape index (κ2) is 24.4. The predicted octanol–water partition coefficient (Wildman–Crippen LogP) is 11.5. The number of fused-ring (bicyclic) bond motifs is 2. The van der Waals surface area contributed by atoms with E-state index in [1.54, 1.807) is 0 Å². The molecule has 0 bridgehead atoms. The Hall–Kier alpha value is -7.18. The first-order chi connectivity index (χ1) is 34.4. The molecule has 0 heterocycles. The van der Waals surface area contributed by atoms with E-state index in [1.807, 2.05) is 13.8 Å². The number of benzene rings is 6. The van der Waals surface area contributed by atoms with E-state index in [9.17, 15) is 0 Å². The minimum atomic E-state index is 0.815. The highest BCUT2D eigenvalue weighted by Crippen LogP contribution is 2.40. The van der Waals surface area contributed by atoms with Crippen molar-refractivity contribution in [2.45, 2.75) is 69.2 Å². The Labute approximate surface area is 420 Å². The van der Waals surface area contributed by atoms with E-state index in [4.69, 9.17) is 0 Å². The molecule has 0 spiro atoms. The van der Waals surface area contributed by atoms with Gasteiger partial charge < -0.3 is 9.80 Å². The smallest absolute Gasteiger partial charge is 0.206 e. The lowest BCUT2D eigenvalue weighted by atomic mass is 9.83. The molecule has 2 aliphatic rings. The highest BCUT2D eigenvalue weighted by atomic mass is 15.6. The SMILES string of the molecule is CC.CC[NH+]=C1C=CC(=C(c2ccc(N(CC)CC)cc2)c2ccc(N(CC)N(CC)c3ccc(C(=C4C=CC(=[NH+]CC)c5ccccc54)c4ccc(N(CC)CC)cc4)cc3)cc2)c2ccccc21. The van der Waals surface area contributed by atoms with Crippen LogP contribution in [0.5, 0.6) is 0 Å². The first-order valence-corrected chi connectivity index (χ1v) is 26.1. The van der Waals surface area contributed by atoms with Gasteiger partial charge in [-0.05, 0) is 184 Å². The number of allylic oxidation sites excluding steroid dienone is 6. The van der Waals surface area contributed by atoms with Crippen LogP contribution in [-0.2, 0) is 0 Å². The summed E-state index contributed by atoms with van der Waals surface area (Å²) in [5, 5.41) is 4.81. The minimum absolute atomic E-state index is 0.815. The van der Waals surface area contributed by atoms with Crippen LogP contribution < -0.4 is 29.8 Å². The molecule has 0 atom stereocenters. The van der Waals surface area contributed by atoms with Gasteiger partial charge in [-0.1, -0.05) is 98.8 Å². The summed E-state index contributed by atoms with van der Waals surface area (Å²) in [6.07, 6.45) is 9.09. The fourth-order valence-corrected chi connectivity index (χ4v) is 10.1. The van der Waals surface area contributed by atoms with E-state index in [0.717, 1.165) is 75.2 Å². The molecule has 0 aliphatic heterocycles. The number of nitrogens with zero attached hydrogens (tertiary/aromatic N) is 4. The Balaban J connectivity index is 0.00000356. The zero-order valence-electron chi connectivity index (χ0n) is 43.6. The van der Waals surface area contributed by atoms with Gasteiger partial charge in [0.05, 0.1) is 22.5 Å². The molecular weight excluding hydrogens is 853 g/mol. The molecule has 0 amide bonds. The molecule has 70 heavy (non-hydrogen) atoms. The molecule has 360 valence electrons. The molecule has 0 saturated heterocycles. The lowest BCUT2D eigenvalue weighted by Gasteiger charge is -2.37. The van der Waals surface area contributed by atoms with E-state index in [-0.39, 0.29) is 0 Å². The zero-order valence-corrected chi connectivity index (χ0v) is 43.6. The first-order valence-electron chi connectivity index (χ1n) is 26.1. The summed E-state index contributed by atoms with van der Waals surface area (Å²) in [6.45, 7) is 29.0. The summed E-state index contributed by atoms with van der Waals surface area (Å²) in [5.41, 5.74) is 21.8. The summed E-state index contributed by atoms with van der Waals surface area (Å²) in [5.74, 6) is 0. The third-order valence-corrected chi connectivity index (χ3v) is 13.5. The number of rotatable bonds is 17. The summed E-state index contributed by atoms with van der Waals surface area (Å²) in [7, 11) is 0. The Kier molecular flexibility index (Phi) is 17.7. The van der Waals surface area contributed by atoms with Gasteiger partial charge in [0.1, 0.15) is 13.1 Å². The molecule has 0 radical (unpaired) electrons. The topological polar surface area (TPSA) is 40.9 Å². The molecule has 2 aliphatic carbocycles. The van der Waals surface area contributed by atoms with Crippen LogP contribution in [0.25, 0.3) is 22.3 Å². The molecule has 6 aromatic rings. The minimum Gasteiger partial charge on any atom is -0.372 e. The molecule has 0 fully saturated rings. The molecule has 0 aromatic heterocycles. The van der Waals surface area contributed by atoms with Gasteiger partial charge in [0.25, 0.3) is 0 Å². The Bertz CT molecular complexity index is 2650. The van der Waals surface area contributed by atoms with Gasteiger partial charge in [-0.3, -0.25) is 10.0 Å². The summed E-state index contributed by atoms with van der Waals surface area (Å²) in [6, 6.07) is 54.4. The van der Waals surface area contributed by atoms with Crippen LogP contribution in [0.4, 0.5) is 22.7 Å². The maximum absolute atomic E-state index is 3.60.